The van der Waals surface area contributed by atoms with Crippen molar-refractivity contribution in [1.29, 1.82) is 0 Å². The van der Waals surface area contributed by atoms with E-state index >= 15 is 0 Å². The van der Waals surface area contributed by atoms with E-state index in [1.54, 1.807) is 19.1 Å². The predicted molar refractivity (Wildman–Crippen MR) is 154 cm³/mol. The molecule has 2 heterocycles. The van der Waals surface area contributed by atoms with Gasteiger partial charge in [0.1, 0.15) is 12.4 Å². The highest BCUT2D eigenvalue weighted by atomic mass is 35.5. The van der Waals surface area contributed by atoms with E-state index in [2.05, 4.69) is 15.0 Å². The van der Waals surface area contributed by atoms with Gasteiger partial charge in [0.25, 0.3) is 0 Å². The number of anilines is 1. The number of rotatable bonds is 9. The molecule has 12 nitrogen and oxygen atoms in total. The van der Waals surface area contributed by atoms with Crippen LogP contribution in [-0.4, -0.2) is 101 Å². The molecule has 4 rings (SSSR count). The van der Waals surface area contributed by atoms with Gasteiger partial charge in [0.05, 0.1) is 34.9 Å². The molecular weight excluding hydrogens is 573 g/mol. The zero-order valence-electron chi connectivity index (χ0n) is 23.7. The molecule has 42 heavy (non-hydrogen) atoms. The van der Waals surface area contributed by atoms with Crippen LogP contribution in [0.2, 0.25) is 5.02 Å². The van der Waals surface area contributed by atoms with Gasteiger partial charge in [-0.25, -0.2) is 23.8 Å². The largest absolute Gasteiger partial charge is 0.478 e. The number of ketones is 1. The van der Waals surface area contributed by atoms with Crippen LogP contribution in [0.1, 0.15) is 50.1 Å². The number of nitrogens with one attached hydrogen (secondary N) is 1. The fraction of sp³-hybridized carbons (Fsp3) is 0.536. The fourth-order valence-electron chi connectivity index (χ4n) is 5.88. The zero-order valence-corrected chi connectivity index (χ0v) is 24.5. The number of piperazine rings is 1. The molecule has 2 fully saturated rings. The number of nitrogens with zero attached hydrogens (tertiary/aromatic N) is 4. The first kappa shape index (κ1) is 31.2. The highest BCUT2D eigenvalue weighted by Crippen LogP contribution is 2.41. The number of alkyl carbamates (subject to hydrolysis) is 1. The smallest absolute Gasteiger partial charge is 0.407 e. The number of carbonyl (C=O) groups is 4. The standard InChI is InChI=1S/C28H35ClFN5O7/c1-16-15-33(9-8-30)10-11-34(16)20-13-21-19(12-18(20)29)32-25(35(21)22(26(39)40)14-23(36)37)24(38)28(2)6-4-17(5-7-28)31-27(41)42-3/h12-14,16-17H,4-11,15H2,1-3H3,(H,31,41)(H,36,37)(H,39,40)/b22-14-/t16-,17?,28?/m0/s1. The highest BCUT2D eigenvalue weighted by molar-refractivity contribution is 6.34. The SMILES string of the molecule is COC(=O)NC1CCC(C)(C(=O)c2nc3cc(Cl)c(N4CCN(CCF)C[C@@H]4C)cc3n2/C(=C\C(=O)O)C(=O)O)CC1. The molecule has 2 aliphatic rings. The summed E-state index contributed by atoms with van der Waals surface area (Å²) < 4.78 is 18.7. The monoisotopic (exact) mass is 607 g/mol. The van der Waals surface area contributed by atoms with Crippen LogP contribution in [0.5, 0.6) is 0 Å². The number of carboxylic acid groups (broad SMARTS) is 2. The summed E-state index contributed by atoms with van der Waals surface area (Å²) in [6.45, 7) is 5.30. The number of aliphatic carboxylic acids is 2. The van der Waals surface area contributed by atoms with E-state index in [4.69, 9.17) is 11.6 Å². The summed E-state index contributed by atoms with van der Waals surface area (Å²) >= 11 is 6.69. The Hall–Kier alpha value is -3.71. The number of amides is 1. The highest BCUT2D eigenvalue weighted by Gasteiger charge is 2.41. The third kappa shape index (κ3) is 6.36. The number of hydrogen-bond donors (Lipinski definition) is 3. The molecule has 1 atom stereocenters. The Morgan fingerprint density at radius 1 is 1.21 bits per heavy atom. The minimum atomic E-state index is -1.55. The number of halogens is 2. The van der Waals surface area contributed by atoms with Gasteiger partial charge in [-0.1, -0.05) is 18.5 Å². The lowest BCUT2D eigenvalue weighted by Gasteiger charge is -2.41. The maximum atomic E-state index is 14.1. The number of methoxy groups -OCH3 is 1. The first-order valence-electron chi connectivity index (χ1n) is 13.7. The van der Waals surface area contributed by atoms with Crippen molar-refractivity contribution in [2.75, 3.05) is 44.9 Å². The van der Waals surface area contributed by atoms with Crippen LogP contribution in [0.4, 0.5) is 14.9 Å². The van der Waals surface area contributed by atoms with Crippen molar-refractivity contribution in [2.45, 2.75) is 51.6 Å². The van der Waals surface area contributed by atoms with Gasteiger partial charge < -0.3 is 25.2 Å². The topological polar surface area (TPSA) is 154 Å². The molecule has 0 spiro atoms. The van der Waals surface area contributed by atoms with E-state index < -0.39 is 41.6 Å². The second kappa shape index (κ2) is 12.7. The molecule has 14 heteroatoms. The molecule has 0 bridgehead atoms. The number of benzene rings is 1. The van der Waals surface area contributed by atoms with Crippen LogP contribution >= 0.6 is 11.6 Å². The van der Waals surface area contributed by atoms with E-state index in [0.29, 0.717) is 68.6 Å². The van der Waals surface area contributed by atoms with Crippen molar-refractivity contribution >= 4 is 57.8 Å². The van der Waals surface area contributed by atoms with E-state index in [9.17, 15) is 33.8 Å². The minimum absolute atomic E-state index is 0.0566. The van der Waals surface area contributed by atoms with Gasteiger partial charge in [0.2, 0.25) is 5.78 Å². The Morgan fingerprint density at radius 3 is 2.48 bits per heavy atom. The lowest BCUT2D eigenvalue weighted by Crippen LogP contribution is -2.52. The van der Waals surface area contributed by atoms with Crippen LogP contribution in [0, 0.1) is 5.41 Å². The quantitative estimate of drug-likeness (QED) is 0.284. The summed E-state index contributed by atoms with van der Waals surface area (Å²) in [6.07, 6.45) is 1.69. The maximum Gasteiger partial charge on any atom is 0.407 e. The minimum Gasteiger partial charge on any atom is -0.478 e. The summed E-state index contributed by atoms with van der Waals surface area (Å²) in [6, 6.07) is 2.92. The zero-order chi connectivity index (χ0) is 30.8. The van der Waals surface area contributed by atoms with Crippen LogP contribution in [0.3, 0.4) is 0 Å². The number of imidazole rings is 1. The molecule has 0 radical (unpaired) electrons. The second-order valence-electron chi connectivity index (χ2n) is 11.1. The van der Waals surface area contributed by atoms with Crippen LogP contribution in [0.15, 0.2) is 18.2 Å². The number of carbonyl (C=O) groups excluding carboxylic acids is 2. The Kier molecular flexibility index (Phi) is 9.41. The first-order valence-corrected chi connectivity index (χ1v) is 14.1. The van der Waals surface area contributed by atoms with E-state index in [-0.39, 0.29) is 28.9 Å². The van der Waals surface area contributed by atoms with E-state index in [1.807, 2.05) is 16.7 Å². The van der Waals surface area contributed by atoms with E-state index in [1.165, 1.54) is 7.11 Å². The molecule has 228 valence electrons. The van der Waals surface area contributed by atoms with Gasteiger partial charge in [-0.05, 0) is 44.7 Å². The fourth-order valence-corrected chi connectivity index (χ4v) is 6.14. The number of hydrogen-bond acceptors (Lipinski definition) is 8. The lowest BCUT2D eigenvalue weighted by atomic mass is 9.71. The van der Waals surface area contributed by atoms with Gasteiger partial charge in [-0.3, -0.25) is 14.3 Å². The van der Waals surface area contributed by atoms with Crippen LogP contribution in [-0.2, 0) is 14.3 Å². The number of fused-ring (bicyclic) bond motifs is 1. The summed E-state index contributed by atoms with van der Waals surface area (Å²) in [5.41, 5.74) is -0.577. The Morgan fingerprint density at radius 2 is 1.90 bits per heavy atom. The Balaban J connectivity index is 1.79. The third-order valence-electron chi connectivity index (χ3n) is 8.21. The van der Waals surface area contributed by atoms with Gasteiger partial charge in [-0.15, -0.1) is 0 Å². The second-order valence-corrected chi connectivity index (χ2v) is 11.5. The summed E-state index contributed by atoms with van der Waals surface area (Å²) in [5, 5.41) is 22.6. The average Bonchev–Trinajstić information content (AvgIpc) is 3.29. The molecule has 1 aliphatic carbocycles. The molecule has 1 saturated heterocycles. The number of carboxylic acids is 2. The number of aromatic nitrogens is 2. The molecule has 2 aromatic rings. The van der Waals surface area contributed by atoms with Gasteiger partial charge in [0.15, 0.2) is 5.82 Å². The first-order chi connectivity index (χ1) is 19.9. The molecule has 1 amide bonds. The molecule has 1 aliphatic heterocycles. The van der Waals surface area contributed by atoms with Crippen molar-refractivity contribution in [3.8, 4) is 0 Å². The Labute approximate surface area is 247 Å². The predicted octanol–water partition coefficient (Wildman–Crippen LogP) is 3.67. The molecule has 1 aromatic carbocycles. The number of ether oxygens (including phenoxy) is 1. The molecule has 3 N–H and O–H groups in total. The number of alkyl halides is 1. The summed E-state index contributed by atoms with van der Waals surface area (Å²) in [5.74, 6) is -3.71. The number of Topliss-reactive ketones (excluding diaryl/α,β-unsaturated/α-hetero) is 1. The van der Waals surface area contributed by atoms with Crippen molar-refractivity contribution < 1.29 is 38.5 Å². The molecule has 1 saturated carbocycles. The van der Waals surface area contributed by atoms with Crippen molar-refractivity contribution in [2.24, 2.45) is 5.41 Å². The molecular formula is C28H35ClFN5O7. The van der Waals surface area contributed by atoms with Crippen LogP contribution in [0.25, 0.3) is 16.7 Å². The van der Waals surface area contributed by atoms with Gasteiger partial charge in [0, 0.05) is 43.7 Å². The normalized spacial score (nSPS) is 23.5. The van der Waals surface area contributed by atoms with E-state index in [0.717, 1.165) is 4.57 Å². The van der Waals surface area contributed by atoms with Gasteiger partial charge in [-0.2, -0.15) is 0 Å². The maximum absolute atomic E-state index is 14.1. The molecule has 1 aromatic heterocycles. The van der Waals surface area contributed by atoms with Crippen molar-refractivity contribution in [3.05, 3.63) is 29.1 Å². The molecule has 0 unspecified atom stereocenters. The Bertz CT molecular complexity index is 1420. The van der Waals surface area contributed by atoms with Crippen LogP contribution < -0.4 is 10.2 Å². The van der Waals surface area contributed by atoms with Gasteiger partial charge >= 0.3 is 18.0 Å². The van der Waals surface area contributed by atoms with Crippen molar-refractivity contribution in [3.63, 3.8) is 0 Å². The van der Waals surface area contributed by atoms with Crippen molar-refractivity contribution in [1.82, 2.24) is 19.8 Å². The summed E-state index contributed by atoms with van der Waals surface area (Å²) in [4.78, 5) is 58.3. The summed E-state index contributed by atoms with van der Waals surface area (Å²) in [7, 11) is 1.27. The third-order valence-corrected chi connectivity index (χ3v) is 8.52. The average molecular weight is 608 g/mol. The lowest BCUT2D eigenvalue weighted by molar-refractivity contribution is -0.133.